The molecule has 1 atom stereocenters. The molecule has 1 aliphatic rings. The quantitative estimate of drug-likeness (QED) is 0.863. The van der Waals surface area contributed by atoms with E-state index >= 15 is 0 Å². The Hall–Kier alpha value is -2.14. The van der Waals surface area contributed by atoms with Gasteiger partial charge in [-0.3, -0.25) is 9.59 Å². The van der Waals surface area contributed by atoms with Gasteiger partial charge in [0.1, 0.15) is 0 Å². The van der Waals surface area contributed by atoms with Crippen molar-refractivity contribution in [2.75, 3.05) is 13.1 Å². The number of benzene rings is 1. The number of thiophene rings is 1. The molecule has 1 aliphatic heterocycles. The van der Waals surface area contributed by atoms with Crippen LogP contribution < -0.4 is 5.32 Å². The lowest BCUT2D eigenvalue weighted by Gasteiger charge is -2.27. The SMILES string of the molecule is CC(CNC(=O)CCC(=O)N1CCc2sccc2C1)c1ccccc1. The molecule has 0 fully saturated rings. The van der Waals surface area contributed by atoms with Gasteiger partial charge in [0.25, 0.3) is 0 Å². The zero-order valence-electron chi connectivity index (χ0n) is 14.5. The predicted molar refractivity (Wildman–Crippen MR) is 101 cm³/mol. The molecule has 0 spiro atoms. The Morgan fingerprint density at radius 1 is 1.20 bits per heavy atom. The second kappa shape index (κ2) is 8.30. The molecular weight excluding hydrogens is 332 g/mol. The van der Waals surface area contributed by atoms with Gasteiger partial charge in [0.15, 0.2) is 0 Å². The Labute approximate surface area is 152 Å². The summed E-state index contributed by atoms with van der Waals surface area (Å²) in [5, 5.41) is 5.03. The number of hydrogen-bond acceptors (Lipinski definition) is 3. The Kier molecular flexibility index (Phi) is 5.87. The van der Waals surface area contributed by atoms with Gasteiger partial charge in [-0.1, -0.05) is 37.3 Å². The van der Waals surface area contributed by atoms with E-state index in [1.54, 1.807) is 11.3 Å². The van der Waals surface area contributed by atoms with E-state index in [0.29, 0.717) is 13.1 Å². The van der Waals surface area contributed by atoms with Gasteiger partial charge in [0.2, 0.25) is 11.8 Å². The molecule has 1 unspecified atom stereocenters. The summed E-state index contributed by atoms with van der Waals surface area (Å²) >= 11 is 1.76. The second-order valence-electron chi connectivity index (χ2n) is 6.55. The smallest absolute Gasteiger partial charge is 0.223 e. The molecular formula is C20H24N2O2S. The number of amides is 2. The number of hydrogen-bond donors (Lipinski definition) is 1. The molecule has 0 saturated heterocycles. The summed E-state index contributed by atoms with van der Waals surface area (Å²) in [5.41, 5.74) is 2.46. The Bertz CT molecular complexity index is 726. The van der Waals surface area contributed by atoms with Gasteiger partial charge < -0.3 is 10.2 Å². The minimum absolute atomic E-state index is 0.0515. The van der Waals surface area contributed by atoms with E-state index in [-0.39, 0.29) is 30.6 Å². The molecule has 0 aliphatic carbocycles. The fourth-order valence-corrected chi connectivity index (χ4v) is 3.98. The van der Waals surface area contributed by atoms with Crippen molar-refractivity contribution in [3.63, 3.8) is 0 Å². The fraction of sp³-hybridized carbons (Fsp3) is 0.400. The van der Waals surface area contributed by atoms with Crippen LogP contribution in [0.1, 0.15) is 41.7 Å². The Morgan fingerprint density at radius 3 is 2.80 bits per heavy atom. The number of rotatable bonds is 6. The van der Waals surface area contributed by atoms with Gasteiger partial charge in [0, 0.05) is 37.4 Å². The van der Waals surface area contributed by atoms with Crippen molar-refractivity contribution in [2.45, 2.75) is 38.6 Å². The monoisotopic (exact) mass is 356 g/mol. The first kappa shape index (κ1) is 17.7. The molecule has 2 aromatic rings. The van der Waals surface area contributed by atoms with Crippen molar-refractivity contribution in [3.05, 3.63) is 57.8 Å². The fourth-order valence-electron chi connectivity index (χ4n) is 3.09. The van der Waals surface area contributed by atoms with Gasteiger partial charge in [-0.05, 0) is 34.9 Å². The summed E-state index contributed by atoms with van der Waals surface area (Å²) in [6.07, 6.45) is 1.47. The maximum Gasteiger partial charge on any atom is 0.223 e. The van der Waals surface area contributed by atoms with Gasteiger partial charge in [-0.25, -0.2) is 0 Å². The second-order valence-corrected chi connectivity index (χ2v) is 7.55. The molecule has 0 saturated carbocycles. The Morgan fingerprint density at radius 2 is 2.00 bits per heavy atom. The van der Waals surface area contributed by atoms with Crippen LogP contribution in [-0.2, 0) is 22.6 Å². The van der Waals surface area contributed by atoms with Crippen LogP contribution in [-0.4, -0.2) is 29.8 Å². The molecule has 3 rings (SSSR count). The third kappa shape index (κ3) is 4.69. The van der Waals surface area contributed by atoms with Gasteiger partial charge >= 0.3 is 0 Å². The maximum absolute atomic E-state index is 12.3. The molecule has 2 heterocycles. The molecule has 2 amide bonds. The highest BCUT2D eigenvalue weighted by Crippen LogP contribution is 2.24. The van der Waals surface area contributed by atoms with Crippen LogP contribution in [0.3, 0.4) is 0 Å². The van der Waals surface area contributed by atoms with Crippen LogP contribution in [0.5, 0.6) is 0 Å². The minimum atomic E-state index is -0.0515. The summed E-state index contributed by atoms with van der Waals surface area (Å²) in [7, 11) is 0. The normalized spacial score (nSPS) is 14.7. The minimum Gasteiger partial charge on any atom is -0.355 e. The van der Waals surface area contributed by atoms with Crippen LogP contribution in [0.4, 0.5) is 0 Å². The molecule has 132 valence electrons. The first-order chi connectivity index (χ1) is 12.1. The summed E-state index contributed by atoms with van der Waals surface area (Å²) in [5.74, 6) is 0.285. The lowest BCUT2D eigenvalue weighted by molar-refractivity contribution is -0.134. The molecule has 4 nitrogen and oxygen atoms in total. The predicted octanol–water partition coefficient (Wildman–Crippen LogP) is 3.33. The number of carbonyl (C=O) groups is 2. The highest BCUT2D eigenvalue weighted by Gasteiger charge is 2.21. The van der Waals surface area contributed by atoms with E-state index in [1.807, 2.05) is 23.1 Å². The highest BCUT2D eigenvalue weighted by atomic mass is 32.1. The molecule has 25 heavy (non-hydrogen) atoms. The molecule has 1 aromatic carbocycles. The summed E-state index contributed by atoms with van der Waals surface area (Å²) in [4.78, 5) is 27.6. The summed E-state index contributed by atoms with van der Waals surface area (Å²) < 4.78 is 0. The van der Waals surface area contributed by atoms with Crippen LogP contribution in [0.25, 0.3) is 0 Å². The van der Waals surface area contributed by atoms with Crippen LogP contribution in [0.15, 0.2) is 41.8 Å². The number of carbonyl (C=O) groups excluding carboxylic acids is 2. The topological polar surface area (TPSA) is 49.4 Å². The lowest BCUT2D eigenvalue weighted by atomic mass is 10.0. The number of fused-ring (bicyclic) bond motifs is 1. The standard InChI is InChI=1S/C20H24N2O2S/c1-15(16-5-3-2-4-6-16)13-21-19(23)7-8-20(24)22-11-9-18-17(14-22)10-12-25-18/h2-6,10,12,15H,7-9,11,13-14H2,1H3,(H,21,23). The van der Waals surface area contributed by atoms with Crippen molar-refractivity contribution >= 4 is 23.2 Å². The third-order valence-corrected chi connectivity index (χ3v) is 5.72. The molecule has 1 N–H and O–H groups in total. The molecule has 0 bridgehead atoms. The zero-order valence-corrected chi connectivity index (χ0v) is 15.3. The average molecular weight is 356 g/mol. The first-order valence-electron chi connectivity index (χ1n) is 8.78. The van der Waals surface area contributed by atoms with Crippen LogP contribution in [0.2, 0.25) is 0 Å². The van der Waals surface area contributed by atoms with Gasteiger partial charge in [0.05, 0.1) is 0 Å². The molecule has 1 aromatic heterocycles. The Balaban J connectivity index is 1.39. The first-order valence-corrected chi connectivity index (χ1v) is 9.66. The van der Waals surface area contributed by atoms with Gasteiger partial charge in [-0.2, -0.15) is 0 Å². The highest BCUT2D eigenvalue weighted by molar-refractivity contribution is 7.10. The lowest BCUT2D eigenvalue weighted by Crippen LogP contribution is -2.36. The number of nitrogens with zero attached hydrogens (tertiary/aromatic N) is 1. The van der Waals surface area contributed by atoms with E-state index in [4.69, 9.17) is 0 Å². The van der Waals surface area contributed by atoms with E-state index in [9.17, 15) is 9.59 Å². The summed E-state index contributed by atoms with van der Waals surface area (Å²) in [6, 6.07) is 12.2. The number of nitrogens with one attached hydrogen (secondary N) is 1. The van der Waals surface area contributed by atoms with Crippen molar-refractivity contribution < 1.29 is 9.59 Å². The van der Waals surface area contributed by atoms with Crippen molar-refractivity contribution in [3.8, 4) is 0 Å². The maximum atomic E-state index is 12.3. The van der Waals surface area contributed by atoms with Crippen LogP contribution >= 0.6 is 11.3 Å². The van der Waals surface area contributed by atoms with Crippen molar-refractivity contribution in [1.29, 1.82) is 0 Å². The molecule has 0 radical (unpaired) electrons. The van der Waals surface area contributed by atoms with Crippen LogP contribution in [0, 0.1) is 0 Å². The zero-order chi connectivity index (χ0) is 17.6. The summed E-state index contributed by atoms with van der Waals surface area (Å²) in [6.45, 7) is 4.13. The van der Waals surface area contributed by atoms with Gasteiger partial charge in [-0.15, -0.1) is 11.3 Å². The van der Waals surface area contributed by atoms with Crippen molar-refractivity contribution in [2.24, 2.45) is 0 Å². The van der Waals surface area contributed by atoms with E-state index in [2.05, 4.69) is 35.8 Å². The molecule has 5 heteroatoms. The van der Waals surface area contributed by atoms with Crippen molar-refractivity contribution in [1.82, 2.24) is 10.2 Å². The largest absolute Gasteiger partial charge is 0.355 e. The average Bonchev–Trinajstić information content (AvgIpc) is 3.12. The van der Waals surface area contributed by atoms with E-state index in [0.717, 1.165) is 13.0 Å². The van der Waals surface area contributed by atoms with E-state index in [1.165, 1.54) is 16.0 Å². The third-order valence-electron chi connectivity index (χ3n) is 4.70. The van der Waals surface area contributed by atoms with E-state index < -0.39 is 0 Å².